The predicted molar refractivity (Wildman–Crippen MR) is 165 cm³/mol. The fraction of sp³-hybridized carbons (Fsp3) is 0.469. The van der Waals surface area contributed by atoms with Gasteiger partial charge in [0.15, 0.2) is 0 Å². The van der Waals surface area contributed by atoms with Crippen molar-refractivity contribution in [3.63, 3.8) is 0 Å². The summed E-state index contributed by atoms with van der Waals surface area (Å²) in [4.78, 5) is 67.4. The van der Waals surface area contributed by atoms with E-state index in [2.05, 4.69) is 10.6 Å². The van der Waals surface area contributed by atoms with Crippen LogP contribution in [0.3, 0.4) is 0 Å². The van der Waals surface area contributed by atoms with Gasteiger partial charge in [0.1, 0.15) is 12.5 Å². The minimum Gasteiger partial charge on any atom is -0.447 e. The molecule has 1 unspecified atom stereocenters. The first-order chi connectivity index (χ1) is 20.4. The Kier molecular flexibility index (Phi) is 11.4. The number of anilines is 4. The Labute approximate surface area is 252 Å². The molecule has 11 heteroatoms. The average molecular weight is 595 g/mol. The molecule has 232 valence electrons. The van der Waals surface area contributed by atoms with Crippen LogP contribution < -0.4 is 20.4 Å². The molecule has 0 aromatic heterocycles. The number of nitrogens with one attached hydrogen (secondary N) is 2. The first kappa shape index (κ1) is 33.3. The van der Waals surface area contributed by atoms with Gasteiger partial charge >= 0.3 is 12.1 Å². The first-order valence-electron chi connectivity index (χ1n) is 14.7. The molecular weight excluding hydrogens is 552 g/mol. The molecule has 1 aliphatic heterocycles. The van der Waals surface area contributed by atoms with Gasteiger partial charge in [-0.15, -0.1) is 0 Å². The summed E-state index contributed by atoms with van der Waals surface area (Å²) in [6.45, 7) is 11.7. The molecule has 2 aromatic carbocycles. The number of hydrogen-bond acceptors (Lipinski definition) is 7. The molecule has 43 heavy (non-hydrogen) atoms. The van der Waals surface area contributed by atoms with Crippen LogP contribution in [0.25, 0.3) is 0 Å². The van der Waals surface area contributed by atoms with Gasteiger partial charge in [-0.05, 0) is 75.2 Å². The van der Waals surface area contributed by atoms with Crippen molar-refractivity contribution in [3.8, 4) is 0 Å². The summed E-state index contributed by atoms with van der Waals surface area (Å²) < 4.78 is 10.4. The number of ether oxygens (including phenoxy) is 2. The van der Waals surface area contributed by atoms with Crippen LogP contribution in [0, 0.1) is 11.3 Å². The van der Waals surface area contributed by atoms with Crippen LogP contribution in [-0.4, -0.2) is 49.2 Å². The molecule has 0 bridgehead atoms. The second-order valence-electron chi connectivity index (χ2n) is 11.3. The zero-order chi connectivity index (χ0) is 31.7. The summed E-state index contributed by atoms with van der Waals surface area (Å²) in [5.74, 6) is -2.37. The van der Waals surface area contributed by atoms with Crippen LogP contribution in [0.5, 0.6) is 0 Å². The number of unbranched alkanes of at least 4 members (excludes halogenated alkanes) is 1. The molecule has 3 rings (SSSR count). The molecule has 6 amide bonds. The van der Waals surface area contributed by atoms with Crippen molar-refractivity contribution < 1.29 is 33.4 Å². The van der Waals surface area contributed by atoms with Crippen molar-refractivity contribution in [2.75, 3.05) is 33.6 Å². The Morgan fingerprint density at radius 1 is 0.837 bits per heavy atom. The highest BCUT2D eigenvalue weighted by Gasteiger charge is 2.46. The van der Waals surface area contributed by atoms with Gasteiger partial charge in [0.05, 0.1) is 24.1 Å². The van der Waals surface area contributed by atoms with Gasteiger partial charge in [0.25, 0.3) is 0 Å². The van der Waals surface area contributed by atoms with E-state index in [0.29, 0.717) is 30.6 Å². The second kappa shape index (κ2) is 14.8. The number of carbonyl (C=O) groups excluding carboxylic acids is 5. The van der Waals surface area contributed by atoms with E-state index in [1.807, 2.05) is 41.5 Å². The van der Waals surface area contributed by atoms with Gasteiger partial charge in [0, 0.05) is 16.8 Å². The highest BCUT2D eigenvalue weighted by atomic mass is 16.6. The van der Waals surface area contributed by atoms with E-state index in [1.54, 1.807) is 36.4 Å². The Morgan fingerprint density at radius 2 is 1.35 bits per heavy atom. The van der Waals surface area contributed by atoms with Crippen molar-refractivity contribution in [1.29, 1.82) is 0 Å². The van der Waals surface area contributed by atoms with Crippen LogP contribution >= 0.6 is 0 Å². The summed E-state index contributed by atoms with van der Waals surface area (Å²) in [6.07, 6.45) is 1.71. The lowest BCUT2D eigenvalue weighted by atomic mass is 9.89. The van der Waals surface area contributed by atoms with Gasteiger partial charge in [-0.1, -0.05) is 40.5 Å². The molecule has 0 radical (unpaired) electrons. The van der Waals surface area contributed by atoms with Gasteiger partial charge in [-0.3, -0.25) is 19.7 Å². The summed E-state index contributed by atoms with van der Waals surface area (Å²) in [5, 5.41) is 5.46. The van der Waals surface area contributed by atoms with E-state index >= 15 is 0 Å². The highest BCUT2D eigenvalue weighted by Crippen LogP contribution is 2.32. The molecule has 1 fully saturated rings. The van der Waals surface area contributed by atoms with Crippen molar-refractivity contribution >= 4 is 52.6 Å². The average Bonchev–Trinajstić information content (AvgIpc) is 2.97. The molecule has 1 heterocycles. The number of nitrogens with zero attached hydrogens (tertiary/aromatic N) is 2. The van der Waals surface area contributed by atoms with E-state index in [4.69, 9.17) is 9.47 Å². The van der Waals surface area contributed by atoms with Crippen LogP contribution in [-0.2, 0) is 23.9 Å². The third-order valence-corrected chi connectivity index (χ3v) is 7.29. The van der Waals surface area contributed by atoms with Crippen molar-refractivity contribution in [1.82, 2.24) is 0 Å². The van der Waals surface area contributed by atoms with Gasteiger partial charge in [0.2, 0.25) is 17.7 Å². The number of amides is 6. The summed E-state index contributed by atoms with van der Waals surface area (Å²) in [6, 6.07) is 11.7. The first-order valence-corrected chi connectivity index (χ1v) is 14.7. The molecule has 1 atom stereocenters. The number of carbonyl (C=O) groups is 5. The van der Waals surface area contributed by atoms with Gasteiger partial charge in [-0.25, -0.2) is 19.4 Å². The molecule has 2 aromatic rings. The minimum absolute atomic E-state index is 0.0254. The summed E-state index contributed by atoms with van der Waals surface area (Å²) in [7, 11) is 0. The van der Waals surface area contributed by atoms with Crippen LogP contribution in [0.1, 0.15) is 67.2 Å². The maximum Gasteiger partial charge on any atom is 0.411 e. The molecule has 1 saturated heterocycles. The number of hydrogen-bond donors (Lipinski definition) is 2. The zero-order valence-electron chi connectivity index (χ0n) is 25.8. The van der Waals surface area contributed by atoms with E-state index in [-0.39, 0.29) is 36.6 Å². The number of imide groups is 2. The molecule has 2 N–H and O–H groups in total. The quantitative estimate of drug-likeness (QED) is 0.204. The lowest BCUT2D eigenvalue weighted by Gasteiger charge is -2.37. The standard InChI is InChI=1S/C32H42N4O7/c1-7-9-10-26-27(37)35(24-15-11-22(12-16-24)33-29(39)32(5,6)8-2)31(41)36(28(26)38)25-17-13-23(14-18-25)34-30(40)43-20-19-42-21(3)4/h11-18,21,26H,7-10,19-20H2,1-6H3,(H,33,39)(H,34,40). The largest absolute Gasteiger partial charge is 0.447 e. The van der Waals surface area contributed by atoms with Crippen molar-refractivity contribution in [3.05, 3.63) is 48.5 Å². The lowest BCUT2D eigenvalue weighted by Crippen LogP contribution is -2.60. The predicted octanol–water partition coefficient (Wildman–Crippen LogP) is 6.34. The monoisotopic (exact) mass is 594 g/mol. The third-order valence-electron chi connectivity index (χ3n) is 7.29. The molecule has 11 nitrogen and oxygen atoms in total. The molecular formula is C32H42N4O7. The van der Waals surface area contributed by atoms with E-state index in [9.17, 15) is 24.0 Å². The molecule has 0 aliphatic carbocycles. The van der Waals surface area contributed by atoms with Crippen LogP contribution in [0.15, 0.2) is 48.5 Å². The maximum atomic E-state index is 13.7. The second-order valence-corrected chi connectivity index (χ2v) is 11.3. The zero-order valence-corrected chi connectivity index (χ0v) is 25.8. The Bertz CT molecular complexity index is 1310. The number of urea groups is 1. The molecule has 0 spiro atoms. The topological polar surface area (TPSA) is 134 Å². The van der Waals surface area contributed by atoms with Crippen molar-refractivity contribution in [2.24, 2.45) is 11.3 Å². The normalized spacial score (nSPS) is 15.6. The smallest absolute Gasteiger partial charge is 0.411 e. The highest BCUT2D eigenvalue weighted by molar-refractivity contribution is 6.36. The summed E-state index contributed by atoms with van der Waals surface area (Å²) >= 11 is 0. The van der Waals surface area contributed by atoms with E-state index in [0.717, 1.165) is 16.2 Å². The third kappa shape index (κ3) is 8.41. The van der Waals surface area contributed by atoms with Crippen LogP contribution in [0.2, 0.25) is 0 Å². The maximum absolute atomic E-state index is 13.7. The summed E-state index contributed by atoms with van der Waals surface area (Å²) in [5.41, 5.74) is 0.901. The Balaban J connectivity index is 1.81. The number of rotatable bonds is 13. The van der Waals surface area contributed by atoms with Crippen LogP contribution in [0.4, 0.5) is 32.3 Å². The minimum atomic E-state index is -1.04. The Hall–Kier alpha value is -4.25. The Morgan fingerprint density at radius 3 is 1.81 bits per heavy atom. The molecule has 1 aliphatic rings. The van der Waals surface area contributed by atoms with Gasteiger partial charge < -0.3 is 14.8 Å². The number of benzene rings is 2. The molecule has 0 saturated carbocycles. The fourth-order valence-electron chi connectivity index (χ4n) is 4.26. The van der Waals surface area contributed by atoms with E-state index < -0.39 is 35.3 Å². The SMILES string of the molecule is CCCCC1C(=O)N(c2ccc(NC(=O)OCCOC(C)C)cc2)C(=O)N(c2ccc(NC(=O)C(C)(C)CC)cc2)C1=O. The van der Waals surface area contributed by atoms with Crippen molar-refractivity contribution in [2.45, 2.75) is 73.3 Å². The van der Waals surface area contributed by atoms with Gasteiger partial charge in [-0.2, -0.15) is 0 Å². The lowest BCUT2D eigenvalue weighted by molar-refractivity contribution is -0.133. The number of barbiturate groups is 1. The fourth-order valence-corrected chi connectivity index (χ4v) is 4.26. The van der Waals surface area contributed by atoms with E-state index in [1.165, 1.54) is 12.1 Å².